The third-order valence-corrected chi connectivity index (χ3v) is 3.82. The van der Waals surface area contributed by atoms with Gasteiger partial charge in [-0.2, -0.15) is 5.10 Å². The van der Waals surface area contributed by atoms with Gasteiger partial charge in [0.05, 0.1) is 17.9 Å². The van der Waals surface area contributed by atoms with E-state index < -0.39 is 0 Å². The van der Waals surface area contributed by atoms with E-state index in [1.54, 1.807) is 4.68 Å². The van der Waals surface area contributed by atoms with E-state index in [0.29, 0.717) is 18.2 Å². The van der Waals surface area contributed by atoms with Gasteiger partial charge in [-0.25, -0.2) is 0 Å². The second-order valence-electron chi connectivity index (χ2n) is 5.69. The maximum absolute atomic E-state index is 11.9. The van der Waals surface area contributed by atoms with Crippen molar-refractivity contribution >= 4 is 18.3 Å². The predicted molar refractivity (Wildman–Crippen MR) is 87.4 cm³/mol. The summed E-state index contributed by atoms with van der Waals surface area (Å²) in [4.78, 5) is 11.9. The Morgan fingerprint density at radius 2 is 2.43 bits per heavy atom. The Morgan fingerprint density at radius 3 is 3.13 bits per heavy atom. The molecule has 0 spiro atoms. The summed E-state index contributed by atoms with van der Waals surface area (Å²) in [7, 11) is 0. The molecule has 8 heteroatoms. The standard InChI is InChI=1S/C15H21N5O2.ClH/c1-11-7-13(22-19-11)9-17-15(21)10-20-6-4-14(18-20)12-3-2-5-16-8-12;/h4,6-7,12,16H,2-3,5,8-10H2,1H3,(H,17,21);1H. The van der Waals surface area contributed by atoms with Gasteiger partial charge < -0.3 is 15.2 Å². The molecule has 1 aliphatic heterocycles. The molecule has 0 bridgehead atoms. The average Bonchev–Trinajstić information content (AvgIpc) is 3.15. The highest BCUT2D eigenvalue weighted by Gasteiger charge is 2.17. The summed E-state index contributed by atoms with van der Waals surface area (Å²) in [5.41, 5.74) is 1.87. The van der Waals surface area contributed by atoms with E-state index in [1.165, 1.54) is 6.42 Å². The monoisotopic (exact) mass is 339 g/mol. The normalized spacial score (nSPS) is 17.5. The van der Waals surface area contributed by atoms with Gasteiger partial charge >= 0.3 is 0 Å². The Balaban J connectivity index is 0.00000192. The zero-order chi connectivity index (χ0) is 15.4. The summed E-state index contributed by atoms with van der Waals surface area (Å²) in [6, 6.07) is 3.81. The molecule has 1 aliphatic rings. The number of nitrogens with one attached hydrogen (secondary N) is 2. The fraction of sp³-hybridized carbons (Fsp3) is 0.533. The van der Waals surface area contributed by atoms with Crippen LogP contribution in [0.1, 0.15) is 35.9 Å². The molecule has 1 fully saturated rings. The maximum Gasteiger partial charge on any atom is 0.242 e. The van der Waals surface area contributed by atoms with Gasteiger partial charge in [-0.3, -0.25) is 9.48 Å². The molecule has 0 aliphatic carbocycles. The molecule has 1 amide bonds. The number of piperidine rings is 1. The van der Waals surface area contributed by atoms with Crippen LogP contribution in [0.5, 0.6) is 0 Å². The lowest BCUT2D eigenvalue weighted by Crippen LogP contribution is -2.29. The van der Waals surface area contributed by atoms with Crippen molar-refractivity contribution in [3.05, 3.63) is 35.5 Å². The minimum absolute atomic E-state index is 0. The van der Waals surface area contributed by atoms with Crippen LogP contribution < -0.4 is 10.6 Å². The number of carbonyl (C=O) groups is 1. The van der Waals surface area contributed by atoms with Crippen LogP contribution in [0.2, 0.25) is 0 Å². The second kappa shape index (κ2) is 8.12. The minimum Gasteiger partial charge on any atom is -0.359 e. The highest BCUT2D eigenvalue weighted by atomic mass is 35.5. The fourth-order valence-corrected chi connectivity index (χ4v) is 2.68. The molecule has 1 atom stereocenters. The van der Waals surface area contributed by atoms with Crippen molar-refractivity contribution in [3.63, 3.8) is 0 Å². The lowest BCUT2D eigenvalue weighted by Gasteiger charge is -2.20. The van der Waals surface area contributed by atoms with Crippen molar-refractivity contribution in [2.75, 3.05) is 13.1 Å². The smallest absolute Gasteiger partial charge is 0.242 e. The van der Waals surface area contributed by atoms with Crippen LogP contribution in [0, 0.1) is 6.92 Å². The van der Waals surface area contributed by atoms with Crippen LogP contribution in [0.15, 0.2) is 22.9 Å². The first-order valence-electron chi connectivity index (χ1n) is 7.63. The Hall–Kier alpha value is -1.86. The van der Waals surface area contributed by atoms with E-state index in [4.69, 9.17) is 4.52 Å². The lowest BCUT2D eigenvalue weighted by atomic mass is 9.97. The third-order valence-electron chi connectivity index (χ3n) is 3.82. The number of carbonyl (C=O) groups excluding carboxylic acids is 1. The molecule has 0 aromatic carbocycles. The maximum atomic E-state index is 11.9. The Labute approximate surface area is 141 Å². The summed E-state index contributed by atoms with van der Waals surface area (Å²) in [6.45, 7) is 4.46. The summed E-state index contributed by atoms with van der Waals surface area (Å²) < 4.78 is 6.74. The predicted octanol–water partition coefficient (Wildman–Crippen LogP) is 1.38. The molecule has 0 radical (unpaired) electrons. The van der Waals surface area contributed by atoms with E-state index in [0.717, 1.165) is 30.9 Å². The molecular formula is C15H22ClN5O2. The molecular weight excluding hydrogens is 318 g/mol. The van der Waals surface area contributed by atoms with Crippen molar-refractivity contribution in [3.8, 4) is 0 Å². The third kappa shape index (κ3) is 4.80. The summed E-state index contributed by atoms with van der Waals surface area (Å²) in [5, 5.41) is 14.5. The van der Waals surface area contributed by atoms with Gasteiger partial charge in [0.1, 0.15) is 6.54 Å². The second-order valence-corrected chi connectivity index (χ2v) is 5.69. The average molecular weight is 340 g/mol. The van der Waals surface area contributed by atoms with Crippen LogP contribution in [0.25, 0.3) is 0 Å². The number of hydrogen-bond donors (Lipinski definition) is 2. The first kappa shape index (κ1) is 17.5. The number of hydrogen-bond acceptors (Lipinski definition) is 5. The van der Waals surface area contributed by atoms with Crippen LogP contribution in [-0.2, 0) is 17.9 Å². The highest BCUT2D eigenvalue weighted by molar-refractivity contribution is 5.85. The van der Waals surface area contributed by atoms with Crippen LogP contribution in [-0.4, -0.2) is 33.9 Å². The summed E-state index contributed by atoms with van der Waals surface area (Å²) in [6.07, 6.45) is 4.19. The first-order chi connectivity index (χ1) is 10.7. The quantitative estimate of drug-likeness (QED) is 0.859. The van der Waals surface area contributed by atoms with E-state index >= 15 is 0 Å². The Bertz CT molecular complexity index is 633. The topological polar surface area (TPSA) is 85.0 Å². The van der Waals surface area contributed by atoms with Gasteiger partial charge in [-0.15, -0.1) is 12.4 Å². The molecule has 23 heavy (non-hydrogen) atoms. The molecule has 0 saturated carbocycles. The van der Waals surface area contributed by atoms with E-state index in [9.17, 15) is 4.79 Å². The molecule has 7 nitrogen and oxygen atoms in total. The minimum atomic E-state index is -0.0922. The number of nitrogens with zero attached hydrogens (tertiary/aromatic N) is 3. The van der Waals surface area contributed by atoms with Crippen molar-refractivity contribution in [1.82, 2.24) is 25.6 Å². The van der Waals surface area contributed by atoms with Crippen molar-refractivity contribution < 1.29 is 9.32 Å². The Morgan fingerprint density at radius 1 is 1.57 bits per heavy atom. The number of amides is 1. The van der Waals surface area contributed by atoms with Crippen LogP contribution >= 0.6 is 12.4 Å². The number of halogens is 1. The number of rotatable bonds is 5. The fourth-order valence-electron chi connectivity index (χ4n) is 2.68. The molecule has 2 aromatic rings. The van der Waals surface area contributed by atoms with Gasteiger partial charge in [0, 0.05) is 24.7 Å². The van der Waals surface area contributed by atoms with Gasteiger partial charge in [-0.05, 0) is 32.4 Å². The molecule has 2 N–H and O–H groups in total. The van der Waals surface area contributed by atoms with Crippen molar-refractivity contribution in [2.45, 2.75) is 38.8 Å². The van der Waals surface area contributed by atoms with Crippen LogP contribution in [0.4, 0.5) is 0 Å². The van der Waals surface area contributed by atoms with Gasteiger partial charge in [0.2, 0.25) is 5.91 Å². The molecule has 3 rings (SSSR count). The van der Waals surface area contributed by atoms with Crippen molar-refractivity contribution in [2.24, 2.45) is 0 Å². The van der Waals surface area contributed by atoms with Gasteiger partial charge in [0.25, 0.3) is 0 Å². The number of aromatic nitrogens is 3. The van der Waals surface area contributed by atoms with E-state index in [1.807, 2.05) is 25.3 Å². The molecule has 2 aromatic heterocycles. The Kier molecular flexibility index (Phi) is 6.18. The van der Waals surface area contributed by atoms with E-state index in [2.05, 4.69) is 20.9 Å². The lowest BCUT2D eigenvalue weighted by molar-refractivity contribution is -0.122. The van der Waals surface area contributed by atoms with Gasteiger partial charge in [-0.1, -0.05) is 5.16 Å². The first-order valence-corrected chi connectivity index (χ1v) is 7.63. The van der Waals surface area contributed by atoms with Crippen molar-refractivity contribution in [1.29, 1.82) is 0 Å². The van der Waals surface area contributed by atoms with Gasteiger partial charge in [0.15, 0.2) is 5.76 Å². The van der Waals surface area contributed by atoms with E-state index in [-0.39, 0.29) is 24.9 Å². The van der Waals surface area contributed by atoms with Crippen LogP contribution in [0.3, 0.4) is 0 Å². The summed E-state index contributed by atoms with van der Waals surface area (Å²) in [5.74, 6) is 1.01. The SMILES string of the molecule is Cc1cc(CNC(=O)Cn2ccc(C3CCCNC3)n2)on1.Cl. The largest absolute Gasteiger partial charge is 0.359 e. The molecule has 1 saturated heterocycles. The number of aryl methyl sites for hydroxylation is 1. The zero-order valence-corrected chi connectivity index (χ0v) is 13.9. The summed E-state index contributed by atoms with van der Waals surface area (Å²) >= 11 is 0. The molecule has 3 heterocycles. The zero-order valence-electron chi connectivity index (χ0n) is 13.1. The molecule has 126 valence electrons. The molecule has 1 unspecified atom stereocenters. The highest BCUT2D eigenvalue weighted by Crippen LogP contribution is 2.21.